The minimum Gasteiger partial charge on any atom is -0.497 e. The van der Waals surface area contributed by atoms with Gasteiger partial charge in [0.25, 0.3) is 0 Å². The highest BCUT2D eigenvalue weighted by Gasteiger charge is 2.09. The number of rotatable bonds is 8. The summed E-state index contributed by atoms with van der Waals surface area (Å²) in [5.74, 6) is 1.69. The van der Waals surface area contributed by atoms with Crippen LogP contribution in [0.3, 0.4) is 0 Å². The molecule has 0 saturated heterocycles. The van der Waals surface area contributed by atoms with Crippen molar-refractivity contribution in [3.05, 3.63) is 29.8 Å². The zero-order valence-electron chi connectivity index (χ0n) is 14.3. The number of hydrogen-bond donors (Lipinski definition) is 2. The van der Waals surface area contributed by atoms with Gasteiger partial charge in [-0.15, -0.1) is 0 Å². The van der Waals surface area contributed by atoms with Crippen LogP contribution in [0.25, 0.3) is 0 Å². The van der Waals surface area contributed by atoms with Crippen molar-refractivity contribution in [3.8, 4) is 5.75 Å². The first kappa shape index (κ1) is 19.3. The number of hydrogen-bond acceptors (Lipinski definition) is 4. The van der Waals surface area contributed by atoms with Crippen LogP contribution in [0.5, 0.6) is 5.75 Å². The summed E-state index contributed by atoms with van der Waals surface area (Å²) >= 11 is 0. The van der Waals surface area contributed by atoms with E-state index in [0.29, 0.717) is 12.4 Å². The van der Waals surface area contributed by atoms with E-state index in [0.717, 1.165) is 18.7 Å². The lowest BCUT2D eigenvalue weighted by atomic mass is 10.1. The molecular weight excluding hydrogens is 314 g/mol. The molecule has 0 aromatic heterocycles. The highest BCUT2D eigenvalue weighted by molar-refractivity contribution is 7.90. The van der Waals surface area contributed by atoms with Crippen LogP contribution in [0.15, 0.2) is 29.3 Å². The third-order valence-electron chi connectivity index (χ3n) is 3.37. The Balaban J connectivity index is 2.39. The van der Waals surface area contributed by atoms with E-state index >= 15 is 0 Å². The van der Waals surface area contributed by atoms with Crippen molar-refractivity contribution >= 4 is 15.8 Å². The van der Waals surface area contributed by atoms with Crippen LogP contribution in [0.1, 0.15) is 18.9 Å². The first-order valence-corrected chi connectivity index (χ1v) is 9.68. The summed E-state index contributed by atoms with van der Waals surface area (Å²) in [7, 11) is 0.419. The molecule has 0 aliphatic carbocycles. The van der Waals surface area contributed by atoms with Gasteiger partial charge in [0.1, 0.15) is 15.6 Å². The number of sulfone groups is 1. The van der Waals surface area contributed by atoms with E-state index in [4.69, 9.17) is 4.74 Å². The second-order valence-corrected chi connectivity index (χ2v) is 7.82. The zero-order valence-corrected chi connectivity index (χ0v) is 15.1. The van der Waals surface area contributed by atoms with Crippen LogP contribution in [0.4, 0.5) is 0 Å². The summed E-state index contributed by atoms with van der Waals surface area (Å²) in [6.45, 7) is 2.67. The standard InChI is InChI=1S/C16H27N3O3S/c1-13(9-11-23(4,20)21)19-16(17-2)18-10-8-14-6-5-7-15(12-14)22-3/h5-7,12-13H,8-11H2,1-4H3,(H2,17,18,19). The molecule has 0 saturated carbocycles. The van der Waals surface area contributed by atoms with Crippen molar-refractivity contribution in [2.45, 2.75) is 25.8 Å². The molecule has 6 nitrogen and oxygen atoms in total. The van der Waals surface area contributed by atoms with E-state index in [9.17, 15) is 8.42 Å². The normalized spacial score (nSPS) is 13.5. The fraction of sp³-hybridized carbons (Fsp3) is 0.562. The molecule has 130 valence electrons. The Kier molecular flexibility index (Phi) is 7.88. The summed E-state index contributed by atoms with van der Waals surface area (Å²) in [4.78, 5) is 4.16. The minimum atomic E-state index is -2.93. The lowest BCUT2D eigenvalue weighted by Crippen LogP contribution is -2.43. The highest BCUT2D eigenvalue weighted by Crippen LogP contribution is 2.12. The summed E-state index contributed by atoms with van der Waals surface area (Å²) in [5.41, 5.74) is 1.18. The third-order valence-corrected chi connectivity index (χ3v) is 4.35. The van der Waals surface area contributed by atoms with Crippen molar-refractivity contribution in [3.63, 3.8) is 0 Å². The summed E-state index contributed by atoms with van der Waals surface area (Å²) in [6.07, 6.45) is 2.64. The van der Waals surface area contributed by atoms with Crippen LogP contribution >= 0.6 is 0 Å². The third kappa shape index (κ3) is 8.44. The van der Waals surface area contributed by atoms with E-state index in [1.807, 2.05) is 25.1 Å². The Labute approximate surface area is 139 Å². The molecule has 2 N–H and O–H groups in total. The number of nitrogens with zero attached hydrogens (tertiary/aromatic N) is 1. The Bertz CT molecular complexity index is 615. The predicted octanol–water partition coefficient (Wildman–Crippen LogP) is 1.23. The number of nitrogens with one attached hydrogen (secondary N) is 2. The smallest absolute Gasteiger partial charge is 0.191 e. The van der Waals surface area contributed by atoms with Gasteiger partial charge in [-0.3, -0.25) is 4.99 Å². The van der Waals surface area contributed by atoms with Gasteiger partial charge in [0.05, 0.1) is 12.9 Å². The minimum absolute atomic E-state index is 0.0349. The molecule has 1 rings (SSSR count). The van der Waals surface area contributed by atoms with Gasteiger partial charge in [0, 0.05) is 25.9 Å². The Hall–Kier alpha value is -1.76. The lowest BCUT2D eigenvalue weighted by molar-refractivity contribution is 0.414. The molecule has 7 heteroatoms. The van der Waals surface area contributed by atoms with E-state index < -0.39 is 9.84 Å². The topological polar surface area (TPSA) is 79.8 Å². The SMILES string of the molecule is CN=C(NCCc1cccc(OC)c1)NC(C)CCS(C)(=O)=O. The summed E-state index contributed by atoms with van der Waals surface area (Å²) in [5, 5.41) is 6.43. The number of guanidine groups is 1. The fourth-order valence-electron chi connectivity index (χ4n) is 2.04. The molecule has 23 heavy (non-hydrogen) atoms. The van der Waals surface area contributed by atoms with E-state index in [1.54, 1.807) is 14.2 Å². The van der Waals surface area contributed by atoms with Crippen molar-refractivity contribution in [2.75, 3.05) is 32.7 Å². The van der Waals surface area contributed by atoms with Gasteiger partial charge in [-0.05, 0) is 37.5 Å². The second kappa shape index (κ2) is 9.39. The quantitative estimate of drug-likeness (QED) is 0.549. The van der Waals surface area contributed by atoms with Crippen molar-refractivity contribution in [1.29, 1.82) is 0 Å². The summed E-state index contributed by atoms with van der Waals surface area (Å²) in [6, 6.07) is 7.98. The molecule has 0 amide bonds. The van der Waals surface area contributed by atoms with Crippen molar-refractivity contribution in [1.82, 2.24) is 10.6 Å². The maximum Gasteiger partial charge on any atom is 0.191 e. The number of ether oxygens (including phenoxy) is 1. The van der Waals surface area contributed by atoms with Gasteiger partial charge in [-0.25, -0.2) is 8.42 Å². The van der Waals surface area contributed by atoms with E-state index in [2.05, 4.69) is 21.7 Å². The van der Waals surface area contributed by atoms with Gasteiger partial charge < -0.3 is 15.4 Å². The highest BCUT2D eigenvalue weighted by atomic mass is 32.2. The molecule has 1 atom stereocenters. The first-order chi connectivity index (χ1) is 10.8. The van der Waals surface area contributed by atoms with Crippen LogP contribution in [-0.4, -0.2) is 53.1 Å². The van der Waals surface area contributed by atoms with Crippen LogP contribution in [0, 0.1) is 0 Å². The molecular formula is C16H27N3O3S. The number of methoxy groups -OCH3 is 1. The Morgan fingerprint density at radius 1 is 1.39 bits per heavy atom. The van der Waals surface area contributed by atoms with Crippen LogP contribution in [0.2, 0.25) is 0 Å². The molecule has 0 radical (unpaired) electrons. The molecule has 0 aliphatic rings. The Morgan fingerprint density at radius 3 is 2.74 bits per heavy atom. The van der Waals surface area contributed by atoms with Crippen molar-refractivity contribution in [2.24, 2.45) is 4.99 Å². The fourth-order valence-corrected chi connectivity index (χ4v) is 2.83. The second-order valence-electron chi connectivity index (χ2n) is 5.56. The summed E-state index contributed by atoms with van der Waals surface area (Å²) < 4.78 is 27.6. The zero-order chi connectivity index (χ0) is 17.3. The van der Waals surface area contributed by atoms with Gasteiger partial charge in [0.15, 0.2) is 5.96 Å². The first-order valence-electron chi connectivity index (χ1n) is 7.62. The van der Waals surface area contributed by atoms with Gasteiger partial charge >= 0.3 is 0 Å². The predicted molar refractivity (Wildman–Crippen MR) is 95.0 cm³/mol. The van der Waals surface area contributed by atoms with Gasteiger partial charge in [-0.1, -0.05) is 12.1 Å². The average Bonchev–Trinajstić information content (AvgIpc) is 2.51. The van der Waals surface area contributed by atoms with E-state index in [-0.39, 0.29) is 11.8 Å². The van der Waals surface area contributed by atoms with Crippen LogP contribution < -0.4 is 15.4 Å². The molecule has 0 fully saturated rings. The maximum absolute atomic E-state index is 11.2. The molecule has 0 bridgehead atoms. The van der Waals surface area contributed by atoms with E-state index in [1.165, 1.54) is 11.8 Å². The van der Waals surface area contributed by atoms with Crippen molar-refractivity contribution < 1.29 is 13.2 Å². The Morgan fingerprint density at radius 2 is 2.13 bits per heavy atom. The molecule has 1 unspecified atom stereocenters. The molecule has 0 heterocycles. The molecule has 1 aromatic carbocycles. The van der Waals surface area contributed by atoms with Crippen LogP contribution in [-0.2, 0) is 16.3 Å². The average molecular weight is 341 g/mol. The largest absolute Gasteiger partial charge is 0.497 e. The maximum atomic E-state index is 11.2. The van der Waals surface area contributed by atoms with Gasteiger partial charge in [-0.2, -0.15) is 0 Å². The number of benzene rings is 1. The van der Waals surface area contributed by atoms with Gasteiger partial charge in [0.2, 0.25) is 0 Å². The number of aliphatic imine (C=N–C) groups is 1. The monoisotopic (exact) mass is 341 g/mol. The molecule has 0 spiro atoms. The lowest BCUT2D eigenvalue weighted by Gasteiger charge is -2.17. The molecule has 1 aromatic rings. The molecule has 0 aliphatic heterocycles.